The molecule has 1 atom stereocenters. The monoisotopic (exact) mass is 326 g/mol. The minimum Gasteiger partial charge on any atom is -0.376 e. The maximum Gasteiger partial charge on any atom is 0.270 e. The van der Waals surface area contributed by atoms with Crippen LogP contribution in [0.25, 0.3) is 0 Å². The minimum atomic E-state index is -0.209. The maximum absolute atomic E-state index is 12.3. The Morgan fingerprint density at radius 3 is 3.04 bits per heavy atom. The van der Waals surface area contributed by atoms with E-state index < -0.39 is 0 Å². The molecule has 6 heteroatoms. The van der Waals surface area contributed by atoms with Gasteiger partial charge in [0.15, 0.2) is 0 Å². The average Bonchev–Trinajstić information content (AvgIpc) is 3.12. The van der Waals surface area contributed by atoms with Crippen molar-refractivity contribution in [3.8, 4) is 0 Å². The van der Waals surface area contributed by atoms with Crippen LogP contribution < -0.4 is 10.6 Å². The van der Waals surface area contributed by atoms with Crippen molar-refractivity contribution in [3.63, 3.8) is 0 Å². The molecule has 0 bridgehead atoms. The van der Waals surface area contributed by atoms with Crippen LogP contribution in [0, 0.1) is 6.92 Å². The summed E-state index contributed by atoms with van der Waals surface area (Å²) in [6.45, 7) is 4.02. The van der Waals surface area contributed by atoms with Crippen molar-refractivity contribution in [1.82, 2.24) is 15.3 Å². The first kappa shape index (κ1) is 16.4. The van der Waals surface area contributed by atoms with Crippen LogP contribution in [0.1, 0.15) is 34.5 Å². The number of nitrogens with one attached hydrogen (secondary N) is 2. The lowest BCUT2D eigenvalue weighted by Gasteiger charge is -2.11. The predicted molar refractivity (Wildman–Crippen MR) is 91.8 cm³/mol. The highest BCUT2D eigenvalue weighted by Crippen LogP contribution is 2.13. The van der Waals surface area contributed by atoms with Gasteiger partial charge in [-0.3, -0.25) is 4.79 Å². The van der Waals surface area contributed by atoms with Crippen LogP contribution in [0.4, 0.5) is 5.82 Å². The van der Waals surface area contributed by atoms with Gasteiger partial charge in [-0.1, -0.05) is 29.8 Å². The lowest BCUT2D eigenvalue weighted by Crippen LogP contribution is -2.24. The largest absolute Gasteiger partial charge is 0.376 e. The fraction of sp³-hybridized carbons (Fsp3) is 0.389. The van der Waals surface area contributed by atoms with E-state index in [0.717, 1.165) is 25.0 Å². The molecule has 1 aromatic heterocycles. The van der Waals surface area contributed by atoms with Crippen molar-refractivity contribution in [3.05, 3.63) is 53.5 Å². The van der Waals surface area contributed by atoms with Crippen LogP contribution >= 0.6 is 0 Å². The second kappa shape index (κ2) is 7.88. The summed E-state index contributed by atoms with van der Waals surface area (Å²) in [6, 6.07) is 9.72. The molecule has 2 aromatic rings. The van der Waals surface area contributed by atoms with Gasteiger partial charge in [0, 0.05) is 25.8 Å². The SMILES string of the molecule is Cc1cccc(CNC(=O)c2cc(NCC3CCCO3)ncn2)c1. The van der Waals surface area contributed by atoms with Crippen LogP contribution in [-0.2, 0) is 11.3 Å². The lowest BCUT2D eigenvalue weighted by molar-refractivity contribution is 0.0946. The molecule has 1 aliphatic heterocycles. The lowest BCUT2D eigenvalue weighted by atomic mass is 10.1. The van der Waals surface area contributed by atoms with Crippen molar-refractivity contribution in [2.24, 2.45) is 0 Å². The molecule has 2 N–H and O–H groups in total. The molecule has 1 aliphatic rings. The van der Waals surface area contributed by atoms with Crippen LogP contribution in [0.5, 0.6) is 0 Å². The fourth-order valence-electron chi connectivity index (χ4n) is 2.70. The van der Waals surface area contributed by atoms with Crippen molar-refractivity contribution < 1.29 is 9.53 Å². The van der Waals surface area contributed by atoms with E-state index in [1.165, 1.54) is 11.9 Å². The number of rotatable bonds is 6. The molecular weight excluding hydrogens is 304 g/mol. The number of aromatic nitrogens is 2. The molecule has 0 spiro atoms. The third-order valence-electron chi connectivity index (χ3n) is 3.97. The standard InChI is InChI=1S/C18H22N4O2/c1-13-4-2-5-14(8-13)10-20-18(23)16-9-17(22-12-21-16)19-11-15-6-3-7-24-15/h2,4-5,8-9,12,15H,3,6-7,10-11H2,1H3,(H,20,23)(H,19,21,22). The van der Waals surface area contributed by atoms with E-state index in [-0.39, 0.29) is 12.0 Å². The summed E-state index contributed by atoms with van der Waals surface area (Å²) in [6.07, 6.45) is 3.78. The molecule has 0 saturated carbocycles. The smallest absolute Gasteiger partial charge is 0.270 e. The van der Waals surface area contributed by atoms with E-state index in [0.29, 0.717) is 24.6 Å². The number of hydrogen-bond donors (Lipinski definition) is 2. The van der Waals surface area contributed by atoms with Crippen molar-refractivity contribution in [1.29, 1.82) is 0 Å². The molecule has 2 heterocycles. The normalized spacial score (nSPS) is 16.8. The first-order valence-corrected chi connectivity index (χ1v) is 8.22. The molecule has 6 nitrogen and oxygen atoms in total. The molecule has 1 fully saturated rings. The van der Waals surface area contributed by atoms with Crippen molar-refractivity contribution in [2.75, 3.05) is 18.5 Å². The second-order valence-electron chi connectivity index (χ2n) is 5.98. The number of carbonyl (C=O) groups excluding carboxylic acids is 1. The third kappa shape index (κ3) is 4.52. The van der Waals surface area contributed by atoms with Gasteiger partial charge in [-0.15, -0.1) is 0 Å². The Kier molecular flexibility index (Phi) is 5.38. The van der Waals surface area contributed by atoms with E-state index in [1.54, 1.807) is 6.07 Å². The van der Waals surface area contributed by atoms with Crippen molar-refractivity contribution >= 4 is 11.7 Å². The molecule has 1 aromatic carbocycles. The van der Waals surface area contributed by atoms with E-state index in [2.05, 4.69) is 26.7 Å². The Balaban J connectivity index is 1.55. The summed E-state index contributed by atoms with van der Waals surface area (Å²) in [7, 11) is 0. The van der Waals surface area contributed by atoms with Crippen LogP contribution in [0.3, 0.4) is 0 Å². The third-order valence-corrected chi connectivity index (χ3v) is 3.97. The Bertz CT molecular complexity index is 699. The minimum absolute atomic E-state index is 0.209. The first-order chi connectivity index (χ1) is 11.7. The summed E-state index contributed by atoms with van der Waals surface area (Å²) in [5.41, 5.74) is 2.59. The molecule has 3 rings (SSSR count). The molecule has 1 unspecified atom stereocenters. The maximum atomic E-state index is 12.3. The number of carbonyl (C=O) groups is 1. The summed E-state index contributed by atoms with van der Waals surface area (Å²) < 4.78 is 5.56. The van der Waals surface area contributed by atoms with Gasteiger partial charge in [-0.2, -0.15) is 0 Å². The number of benzene rings is 1. The zero-order valence-electron chi connectivity index (χ0n) is 13.8. The summed E-state index contributed by atoms with van der Waals surface area (Å²) in [4.78, 5) is 20.5. The van der Waals surface area contributed by atoms with Crippen LogP contribution in [-0.4, -0.2) is 35.1 Å². The van der Waals surface area contributed by atoms with E-state index in [1.807, 2.05) is 25.1 Å². The van der Waals surface area contributed by atoms with Gasteiger partial charge >= 0.3 is 0 Å². The topological polar surface area (TPSA) is 76.1 Å². The van der Waals surface area contributed by atoms with E-state index >= 15 is 0 Å². The molecule has 1 saturated heterocycles. The predicted octanol–water partition coefficient (Wildman–Crippen LogP) is 2.31. The zero-order chi connectivity index (χ0) is 16.8. The Morgan fingerprint density at radius 1 is 1.33 bits per heavy atom. The van der Waals surface area contributed by atoms with Gasteiger partial charge in [-0.25, -0.2) is 9.97 Å². The summed E-state index contributed by atoms with van der Waals surface area (Å²) in [5, 5.41) is 6.09. The summed E-state index contributed by atoms with van der Waals surface area (Å²) >= 11 is 0. The van der Waals surface area contributed by atoms with Gasteiger partial charge in [0.25, 0.3) is 5.91 Å². The molecule has 1 amide bonds. The Labute approximate surface area is 141 Å². The number of ether oxygens (including phenoxy) is 1. The Morgan fingerprint density at radius 2 is 2.25 bits per heavy atom. The average molecular weight is 326 g/mol. The molecule has 0 radical (unpaired) electrons. The van der Waals surface area contributed by atoms with Crippen LogP contribution in [0.2, 0.25) is 0 Å². The van der Waals surface area contributed by atoms with E-state index in [4.69, 9.17) is 4.74 Å². The highest BCUT2D eigenvalue weighted by atomic mass is 16.5. The highest BCUT2D eigenvalue weighted by Gasteiger charge is 2.15. The quantitative estimate of drug-likeness (QED) is 0.852. The molecule has 0 aliphatic carbocycles. The van der Waals surface area contributed by atoms with Crippen LogP contribution in [0.15, 0.2) is 36.7 Å². The molecule has 126 valence electrons. The van der Waals surface area contributed by atoms with E-state index in [9.17, 15) is 4.79 Å². The molecular formula is C18H22N4O2. The Hall–Kier alpha value is -2.47. The van der Waals surface area contributed by atoms with Gasteiger partial charge in [0.1, 0.15) is 17.8 Å². The fourth-order valence-corrected chi connectivity index (χ4v) is 2.70. The first-order valence-electron chi connectivity index (χ1n) is 8.22. The highest BCUT2D eigenvalue weighted by molar-refractivity contribution is 5.92. The summed E-state index contributed by atoms with van der Waals surface area (Å²) in [5.74, 6) is 0.431. The van der Waals surface area contributed by atoms with Crippen molar-refractivity contribution in [2.45, 2.75) is 32.4 Å². The number of amides is 1. The van der Waals surface area contributed by atoms with Gasteiger partial charge in [0.05, 0.1) is 6.10 Å². The van der Waals surface area contributed by atoms with Gasteiger partial charge < -0.3 is 15.4 Å². The number of anilines is 1. The second-order valence-corrected chi connectivity index (χ2v) is 5.98. The number of aryl methyl sites for hydroxylation is 1. The van der Waals surface area contributed by atoms with Gasteiger partial charge in [0.2, 0.25) is 0 Å². The number of nitrogens with zero attached hydrogens (tertiary/aromatic N) is 2. The van der Waals surface area contributed by atoms with Gasteiger partial charge in [-0.05, 0) is 25.3 Å². The zero-order valence-corrected chi connectivity index (χ0v) is 13.8. The number of hydrogen-bond acceptors (Lipinski definition) is 5. The molecule has 24 heavy (non-hydrogen) atoms.